The summed E-state index contributed by atoms with van der Waals surface area (Å²) in [6.45, 7) is 4.95. The summed E-state index contributed by atoms with van der Waals surface area (Å²) in [7, 11) is 0. The minimum absolute atomic E-state index is 0.117. The van der Waals surface area contributed by atoms with Crippen molar-refractivity contribution in [1.29, 1.82) is 0 Å². The van der Waals surface area contributed by atoms with Crippen LogP contribution in [0.5, 0.6) is 0 Å². The van der Waals surface area contributed by atoms with Crippen LogP contribution in [0.2, 0.25) is 0 Å². The first-order valence-electron chi connectivity index (χ1n) is 7.73. The third-order valence-corrected chi connectivity index (χ3v) is 4.12. The Kier molecular flexibility index (Phi) is 4.56. The summed E-state index contributed by atoms with van der Waals surface area (Å²) in [5.41, 5.74) is 7.39. The molecule has 1 fully saturated rings. The van der Waals surface area contributed by atoms with Gasteiger partial charge in [0.2, 0.25) is 0 Å². The molecule has 1 aromatic heterocycles. The fourth-order valence-electron chi connectivity index (χ4n) is 2.82. The number of nitrogens with zero attached hydrogens (tertiary/aromatic N) is 3. The van der Waals surface area contributed by atoms with Crippen molar-refractivity contribution >= 4 is 5.91 Å². The molecule has 0 saturated carbocycles. The molecule has 3 rings (SSSR count). The van der Waals surface area contributed by atoms with Crippen LogP contribution in [0, 0.1) is 0 Å². The van der Waals surface area contributed by atoms with Crippen LogP contribution in [0.3, 0.4) is 0 Å². The highest BCUT2D eigenvalue weighted by molar-refractivity contribution is 5.94. The fraction of sp³-hybridized carbons (Fsp3) is 0.353. The quantitative estimate of drug-likeness (QED) is 0.922. The summed E-state index contributed by atoms with van der Waals surface area (Å²) in [5.74, 6) is 0.117. The van der Waals surface area contributed by atoms with Gasteiger partial charge in [0, 0.05) is 62.9 Å². The molecule has 0 bridgehead atoms. The standard InChI is InChI=1S/C17H22N4O/c18-7-10-19-11-13-21(14-12-19)17(22)15-3-5-16(6-4-15)20-8-1-2-9-20/h1-6,8-9H,7,10-14,18H2. The summed E-state index contributed by atoms with van der Waals surface area (Å²) >= 11 is 0. The van der Waals surface area contributed by atoms with Crippen molar-refractivity contribution in [3.63, 3.8) is 0 Å². The van der Waals surface area contributed by atoms with E-state index in [1.165, 1.54) is 0 Å². The van der Waals surface area contributed by atoms with E-state index in [9.17, 15) is 4.79 Å². The van der Waals surface area contributed by atoms with Gasteiger partial charge in [0.25, 0.3) is 5.91 Å². The van der Waals surface area contributed by atoms with Gasteiger partial charge in [-0.1, -0.05) is 0 Å². The van der Waals surface area contributed by atoms with Crippen LogP contribution >= 0.6 is 0 Å². The van der Waals surface area contributed by atoms with E-state index in [1.807, 2.05) is 58.3 Å². The van der Waals surface area contributed by atoms with Crippen LogP contribution in [0.25, 0.3) is 5.69 Å². The third-order valence-electron chi connectivity index (χ3n) is 4.12. The lowest BCUT2D eigenvalue weighted by atomic mass is 10.1. The second-order valence-corrected chi connectivity index (χ2v) is 5.56. The number of rotatable bonds is 4. The van der Waals surface area contributed by atoms with Crippen molar-refractivity contribution in [3.8, 4) is 5.69 Å². The average Bonchev–Trinajstić information content (AvgIpc) is 3.10. The monoisotopic (exact) mass is 298 g/mol. The lowest BCUT2D eigenvalue weighted by Gasteiger charge is -2.34. The Labute approximate surface area is 130 Å². The SMILES string of the molecule is NCCN1CCN(C(=O)c2ccc(-n3cccc3)cc2)CC1. The molecule has 22 heavy (non-hydrogen) atoms. The molecule has 2 heterocycles. The second-order valence-electron chi connectivity index (χ2n) is 5.56. The zero-order chi connectivity index (χ0) is 15.4. The maximum absolute atomic E-state index is 12.5. The Hall–Kier alpha value is -2.11. The molecule has 5 heteroatoms. The van der Waals surface area contributed by atoms with E-state index in [1.54, 1.807) is 0 Å². The molecule has 1 aromatic carbocycles. The maximum atomic E-state index is 12.5. The first-order chi connectivity index (χ1) is 10.8. The van der Waals surface area contributed by atoms with E-state index in [0.717, 1.165) is 44.0 Å². The number of nitrogens with two attached hydrogens (primary N) is 1. The average molecular weight is 298 g/mol. The van der Waals surface area contributed by atoms with E-state index >= 15 is 0 Å². The van der Waals surface area contributed by atoms with E-state index in [0.29, 0.717) is 6.54 Å². The molecule has 0 atom stereocenters. The summed E-state index contributed by atoms with van der Waals surface area (Å²) in [5, 5.41) is 0. The first kappa shape index (κ1) is 14.8. The zero-order valence-electron chi connectivity index (χ0n) is 12.7. The molecule has 2 N–H and O–H groups in total. The molecular weight excluding hydrogens is 276 g/mol. The number of aromatic nitrogens is 1. The normalized spacial score (nSPS) is 16.0. The number of amides is 1. The molecule has 1 saturated heterocycles. The molecule has 1 amide bonds. The number of carbonyl (C=O) groups excluding carboxylic acids is 1. The van der Waals surface area contributed by atoms with Crippen LogP contribution in [0.15, 0.2) is 48.8 Å². The van der Waals surface area contributed by atoms with Gasteiger partial charge < -0.3 is 15.2 Å². The second kappa shape index (κ2) is 6.77. The number of hydrogen-bond donors (Lipinski definition) is 1. The van der Waals surface area contributed by atoms with Gasteiger partial charge in [0.05, 0.1) is 0 Å². The van der Waals surface area contributed by atoms with Gasteiger partial charge >= 0.3 is 0 Å². The van der Waals surface area contributed by atoms with Crippen molar-refractivity contribution in [2.45, 2.75) is 0 Å². The molecule has 0 spiro atoms. The summed E-state index contributed by atoms with van der Waals surface area (Å²) in [4.78, 5) is 16.8. The lowest BCUT2D eigenvalue weighted by Crippen LogP contribution is -2.49. The number of hydrogen-bond acceptors (Lipinski definition) is 3. The summed E-state index contributed by atoms with van der Waals surface area (Å²) in [6.07, 6.45) is 3.99. The van der Waals surface area contributed by atoms with E-state index in [4.69, 9.17) is 5.73 Å². The molecule has 5 nitrogen and oxygen atoms in total. The minimum atomic E-state index is 0.117. The van der Waals surface area contributed by atoms with Crippen LogP contribution < -0.4 is 5.73 Å². The molecule has 0 aliphatic carbocycles. The third kappa shape index (κ3) is 3.21. The Morgan fingerprint density at radius 3 is 2.23 bits per heavy atom. The molecular formula is C17H22N4O. The lowest BCUT2D eigenvalue weighted by molar-refractivity contribution is 0.0641. The van der Waals surface area contributed by atoms with Crippen molar-refractivity contribution in [1.82, 2.24) is 14.4 Å². The van der Waals surface area contributed by atoms with Gasteiger partial charge in [-0.25, -0.2) is 0 Å². The Morgan fingerprint density at radius 2 is 1.64 bits per heavy atom. The molecule has 0 radical (unpaired) electrons. The topological polar surface area (TPSA) is 54.5 Å². The van der Waals surface area contributed by atoms with E-state index in [2.05, 4.69) is 4.90 Å². The predicted octanol–water partition coefficient (Wildman–Crippen LogP) is 1.19. The molecule has 1 aliphatic heterocycles. The zero-order valence-corrected chi connectivity index (χ0v) is 12.7. The molecule has 2 aromatic rings. The van der Waals surface area contributed by atoms with Gasteiger partial charge in [0.15, 0.2) is 0 Å². The van der Waals surface area contributed by atoms with Crippen LogP contribution in [-0.2, 0) is 0 Å². The summed E-state index contributed by atoms with van der Waals surface area (Å²) in [6, 6.07) is 11.8. The van der Waals surface area contributed by atoms with Crippen molar-refractivity contribution in [3.05, 3.63) is 54.4 Å². The van der Waals surface area contributed by atoms with Crippen molar-refractivity contribution in [2.24, 2.45) is 5.73 Å². The number of benzene rings is 1. The summed E-state index contributed by atoms with van der Waals surface area (Å²) < 4.78 is 2.03. The Balaban J connectivity index is 1.63. The highest BCUT2D eigenvalue weighted by atomic mass is 16.2. The number of carbonyl (C=O) groups is 1. The van der Waals surface area contributed by atoms with Crippen molar-refractivity contribution in [2.75, 3.05) is 39.3 Å². The van der Waals surface area contributed by atoms with E-state index in [-0.39, 0.29) is 5.91 Å². The maximum Gasteiger partial charge on any atom is 0.253 e. The van der Waals surface area contributed by atoms with Gasteiger partial charge in [0.1, 0.15) is 0 Å². The van der Waals surface area contributed by atoms with Crippen LogP contribution in [-0.4, -0.2) is 59.5 Å². The largest absolute Gasteiger partial charge is 0.336 e. The van der Waals surface area contributed by atoms with Crippen molar-refractivity contribution < 1.29 is 4.79 Å². The first-order valence-corrected chi connectivity index (χ1v) is 7.73. The Bertz CT molecular complexity index is 598. The van der Waals surface area contributed by atoms with E-state index < -0.39 is 0 Å². The fourth-order valence-corrected chi connectivity index (χ4v) is 2.82. The smallest absolute Gasteiger partial charge is 0.253 e. The van der Waals surface area contributed by atoms with Gasteiger partial charge in [-0.3, -0.25) is 9.69 Å². The predicted molar refractivity (Wildman–Crippen MR) is 87.2 cm³/mol. The van der Waals surface area contributed by atoms with Gasteiger partial charge in [-0.2, -0.15) is 0 Å². The van der Waals surface area contributed by atoms with Gasteiger partial charge in [-0.15, -0.1) is 0 Å². The highest BCUT2D eigenvalue weighted by Crippen LogP contribution is 2.13. The minimum Gasteiger partial charge on any atom is -0.336 e. The van der Waals surface area contributed by atoms with Crippen LogP contribution in [0.4, 0.5) is 0 Å². The molecule has 0 unspecified atom stereocenters. The van der Waals surface area contributed by atoms with Gasteiger partial charge in [-0.05, 0) is 36.4 Å². The number of piperazine rings is 1. The Morgan fingerprint density at radius 1 is 1.00 bits per heavy atom. The highest BCUT2D eigenvalue weighted by Gasteiger charge is 2.21. The van der Waals surface area contributed by atoms with Crippen LogP contribution in [0.1, 0.15) is 10.4 Å². The molecule has 1 aliphatic rings. The molecule has 116 valence electrons.